The van der Waals surface area contributed by atoms with E-state index in [-0.39, 0.29) is 5.91 Å². The van der Waals surface area contributed by atoms with Crippen molar-refractivity contribution in [2.75, 3.05) is 6.54 Å². The highest BCUT2D eigenvalue weighted by Crippen LogP contribution is 2.15. The van der Waals surface area contributed by atoms with E-state index >= 15 is 0 Å². The smallest absolute Gasteiger partial charge is 0.475 e. The van der Waals surface area contributed by atoms with Gasteiger partial charge >= 0.3 is 24.3 Å². The molecule has 2 heterocycles. The monoisotopic (exact) mass is 497 g/mol. The number of nitrogens with zero attached hydrogens (tertiary/aromatic N) is 3. The largest absolute Gasteiger partial charge is 0.490 e. The number of carboxylic acid groups (broad SMARTS) is 2. The van der Waals surface area contributed by atoms with Crippen LogP contribution in [0.15, 0.2) is 43.0 Å². The van der Waals surface area contributed by atoms with Crippen LogP contribution in [0.3, 0.4) is 0 Å². The van der Waals surface area contributed by atoms with E-state index in [0.29, 0.717) is 12.2 Å². The molecule has 10 nitrogen and oxygen atoms in total. The molecule has 0 aliphatic carbocycles. The molecule has 1 amide bonds. The maximum absolute atomic E-state index is 12.1. The van der Waals surface area contributed by atoms with E-state index in [0.717, 1.165) is 23.9 Å². The van der Waals surface area contributed by atoms with E-state index in [4.69, 9.17) is 19.8 Å². The highest BCUT2D eigenvalue weighted by atomic mass is 19.4. The molecular formula is C18H17F6N5O5. The number of aliphatic carboxylic acids is 2. The van der Waals surface area contributed by atoms with Crippen LogP contribution in [0.4, 0.5) is 26.3 Å². The Labute approximate surface area is 186 Å². The zero-order valence-corrected chi connectivity index (χ0v) is 16.9. The number of carboxylic acids is 2. The molecule has 0 saturated carbocycles. The number of hydrogen-bond donors (Lipinski definition) is 4. The van der Waals surface area contributed by atoms with E-state index in [9.17, 15) is 31.1 Å². The molecule has 0 saturated heterocycles. The second kappa shape index (κ2) is 12.2. The van der Waals surface area contributed by atoms with Gasteiger partial charge in [0.05, 0.1) is 11.8 Å². The Hall–Kier alpha value is -4.11. The van der Waals surface area contributed by atoms with Gasteiger partial charge in [0.15, 0.2) is 5.69 Å². The number of halogens is 6. The molecule has 3 rings (SSSR count). The first-order valence-electron chi connectivity index (χ1n) is 9.00. The Morgan fingerprint density at radius 1 is 1.00 bits per heavy atom. The topological polar surface area (TPSA) is 150 Å². The summed E-state index contributed by atoms with van der Waals surface area (Å²) in [5.41, 5.74) is 1.32. The number of nitrogens with one attached hydrogen (secondary N) is 2. The van der Waals surface area contributed by atoms with Crippen molar-refractivity contribution < 1.29 is 50.9 Å². The number of carbonyl (C=O) groups excluding carboxylic acids is 1. The number of fused-ring (bicyclic) bond motifs is 1. The predicted octanol–water partition coefficient (Wildman–Crippen LogP) is 2.85. The number of hydrogen-bond acceptors (Lipinski definition) is 5. The minimum absolute atomic E-state index is 0.145. The first-order chi connectivity index (χ1) is 15.7. The van der Waals surface area contributed by atoms with Gasteiger partial charge in [-0.25, -0.2) is 14.6 Å². The van der Waals surface area contributed by atoms with Crippen LogP contribution in [0.2, 0.25) is 0 Å². The molecule has 3 aromatic rings. The zero-order valence-electron chi connectivity index (χ0n) is 16.9. The summed E-state index contributed by atoms with van der Waals surface area (Å²) in [6.07, 6.45) is -3.90. The molecule has 16 heteroatoms. The lowest BCUT2D eigenvalue weighted by Crippen LogP contribution is -2.25. The number of para-hydroxylation sites is 1. The first kappa shape index (κ1) is 27.9. The molecule has 2 aromatic heterocycles. The van der Waals surface area contributed by atoms with Gasteiger partial charge in [0.1, 0.15) is 0 Å². The van der Waals surface area contributed by atoms with Gasteiger partial charge < -0.3 is 20.1 Å². The molecule has 1 aromatic carbocycles. The van der Waals surface area contributed by atoms with Crippen molar-refractivity contribution in [1.29, 1.82) is 0 Å². The van der Waals surface area contributed by atoms with E-state index < -0.39 is 24.3 Å². The summed E-state index contributed by atoms with van der Waals surface area (Å²) >= 11 is 0. The molecule has 0 unspecified atom stereocenters. The summed E-state index contributed by atoms with van der Waals surface area (Å²) in [5.74, 6) is -5.66. The average molecular weight is 497 g/mol. The Kier molecular flexibility index (Phi) is 10.0. The number of H-pyrrole nitrogens is 1. The fourth-order valence-corrected chi connectivity index (χ4v) is 2.10. The summed E-state index contributed by atoms with van der Waals surface area (Å²) < 4.78 is 65.5. The summed E-state index contributed by atoms with van der Waals surface area (Å²) in [5, 5.41) is 24.9. The fourth-order valence-electron chi connectivity index (χ4n) is 2.10. The molecule has 0 aliphatic heterocycles. The maximum Gasteiger partial charge on any atom is 0.490 e. The normalized spacial score (nSPS) is 11.0. The number of aromatic nitrogens is 4. The number of alkyl halides is 6. The highest BCUT2D eigenvalue weighted by Gasteiger charge is 2.38. The van der Waals surface area contributed by atoms with E-state index in [1.54, 1.807) is 12.5 Å². The molecule has 186 valence electrons. The zero-order chi connectivity index (χ0) is 25.9. The van der Waals surface area contributed by atoms with Crippen LogP contribution in [0.25, 0.3) is 10.9 Å². The van der Waals surface area contributed by atoms with Gasteiger partial charge in [-0.3, -0.25) is 9.89 Å². The van der Waals surface area contributed by atoms with Crippen LogP contribution in [0.1, 0.15) is 16.9 Å². The molecule has 0 radical (unpaired) electrons. The molecule has 0 aliphatic rings. The molecule has 0 bridgehead atoms. The standard InChI is InChI=1S/C14H15N5O.2C2HF3O2/c20-14(16-6-3-8-19-9-7-15-10-19)13-11-4-1-2-5-12(11)17-18-13;2*3-2(4,5)1(6)7/h1-2,4-5,7,9-10H,3,6,8H2,(H,16,20)(H,17,18);2*(H,6,7). The number of aryl methyl sites for hydroxylation is 1. The van der Waals surface area contributed by atoms with E-state index in [1.165, 1.54) is 0 Å². The Bertz CT molecular complexity index is 1060. The summed E-state index contributed by atoms with van der Waals surface area (Å²) in [6.45, 7) is 1.44. The van der Waals surface area contributed by atoms with Gasteiger partial charge in [-0.05, 0) is 12.5 Å². The lowest BCUT2D eigenvalue weighted by Gasteiger charge is -2.04. The number of imidazole rings is 1. The Balaban J connectivity index is 0.000000343. The molecule has 0 atom stereocenters. The van der Waals surface area contributed by atoms with Crippen LogP contribution in [0.5, 0.6) is 0 Å². The third-order valence-corrected chi connectivity index (χ3v) is 3.61. The summed E-state index contributed by atoms with van der Waals surface area (Å²) in [4.78, 5) is 33.8. The Morgan fingerprint density at radius 3 is 2.06 bits per heavy atom. The molecule has 34 heavy (non-hydrogen) atoms. The Morgan fingerprint density at radius 2 is 1.56 bits per heavy atom. The maximum atomic E-state index is 12.1. The van der Waals surface area contributed by atoms with Crippen molar-refractivity contribution >= 4 is 28.7 Å². The second-order valence-corrected chi connectivity index (χ2v) is 6.13. The summed E-state index contributed by atoms with van der Waals surface area (Å²) in [7, 11) is 0. The van der Waals surface area contributed by atoms with Gasteiger partial charge in [0.25, 0.3) is 5.91 Å². The number of rotatable bonds is 5. The van der Waals surface area contributed by atoms with Gasteiger partial charge in [-0.15, -0.1) is 0 Å². The molecule has 4 N–H and O–H groups in total. The van der Waals surface area contributed by atoms with Crippen LogP contribution in [-0.2, 0) is 16.1 Å². The number of aromatic amines is 1. The third-order valence-electron chi connectivity index (χ3n) is 3.61. The first-order valence-corrected chi connectivity index (χ1v) is 9.00. The number of amides is 1. The van der Waals surface area contributed by atoms with Crippen LogP contribution in [0, 0.1) is 0 Å². The quantitative estimate of drug-likeness (QED) is 0.313. The van der Waals surface area contributed by atoms with Crippen molar-refractivity contribution in [3.8, 4) is 0 Å². The highest BCUT2D eigenvalue weighted by molar-refractivity contribution is 6.04. The average Bonchev–Trinajstić information content (AvgIpc) is 3.40. The van der Waals surface area contributed by atoms with Crippen LogP contribution >= 0.6 is 0 Å². The van der Waals surface area contributed by atoms with Crippen molar-refractivity contribution in [3.63, 3.8) is 0 Å². The van der Waals surface area contributed by atoms with Crippen LogP contribution < -0.4 is 5.32 Å². The lowest BCUT2D eigenvalue weighted by atomic mass is 10.2. The molecular weight excluding hydrogens is 480 g/mol. The van der Waals surface area contributed by atoms with Crippen molar-refractivity contribution in [2.24, 2.45) is 0 Å². The minimum atomic E-state index is -5.08. The van der Waals surface area contributed by atoms with Gasteiger partial charge in [0, 0.05) is 30.9 Å². The number of carbonyl (C=O) groups is 3. The van der Waals surface area contributed by atoms with Gasteiger partial charge in [-0.1, -0.05) is 18.2 Å². The van der Waals surface area contributed by atoms with Crippen LogP contribution in [-0.4, -0.2) is 66.7 Å². The van der Waals surface area contributed by atoms with Crippen molar-refractivity contribution in [3.05, 3.63) is 48.7 Å². The minimum Gasteiger partial charge on any atom is -0.475 e. The summed E-state index contributed by atoms with van der Waals surface area (Å²) in [6, 6.07) is 7.60. The van der Waals surface area contributed by atoms with Crippen molar-refractivity contribution in [2.45, 2.75) is 25.3 Å². The third kappa shape index (κ3) is 9.58. The second-order valence-electron chi connectivity index (χ2n) is 6.13. The fraction of sp³-hybridized carbons (Fsp3) is 0.278. The van der Waals surface area contributed by atoms with E-state index in [1.807, 2.05) is 35.0 Å². The molecule has 0 fully saturated rings. The SMILES string of the molecule is O=C(NCCCn1ccnc1)c1n[nH]c2ccccc12.O=C(O)C(F)(F)F.O=C(O)C(F)(F)F. The van der Waals surface area contributed by atoms with Crippen molar-refractivity contribution in [1.82, 2.24) is 25.1 Å². The van der Waals surface area contributed by atoms with Gasteiger partial charge in [0.2, 0.25) is 0 Å². The van der Waals surface area contributed by atoms with E-state index in [2.05, 4.69) is 20.5 Å². The number of benzene rings is 1. The lowest BCUT2D eigenvalue weighted by molar-refractivity contribution is -0.193. The van der Waals surface area contributed by atoms with Gasteiger partial charge in [-0.2, -0.15) is 31.4 Å². The molecule has 0 spiro atoms. The predicted molar refractivity (Wildman–Crippen MR) is 103 cm³/mol.